The first-order chi connectivity index (χ1) is 10.9. The van der Waals surface area contributed by atoms with Crippen molar-refractivity contribution < 1.29 is 9.59 Å². The van der Waals surface area contributed by atoms with E-state index in [1.165, 1.54) is 6.42 Å². The molecule has 0 aliphatic carbocycles. The van der Waals surface area contributed by atoms with Gasteiger partial charge in [-0.15, -0.1) is 0 Å². The molecule has 2 unspecified atom stereocenters. The average molecular weight is 323 g/mol. The van der Waals surface area contributed by atoms with Crippen LogP contribution in [0, 0.1) is 11.8 Å². The van der Waals surface area contributed by atoms with Crippen LogP contribution in [0.15, 0.2) is 0 Å². The second-order valence-electron chi connectivity index (χ2n) is 7.49. The highest BCUT2D eigenvalue weighted by Crippen LogP contribution is 2.27. The van der Waals surface area contributed by atoms with Crippen LogP contribution in [0.3, 0.4) is 0 Å². The van der Waals surface area contributed by atoms with Gasteiger partial charge in [-0.2, -0.15) is 0 Å². The summed E-state index contributed by atoms with van der Waals surface area (Å²) >= 11 is 0. The SMILES string of the molecule is CCCN1CCN(C(=O)C2CCC(=O)N(CC(C)C)C2C)CC1. The largest absolute Gasteiger partial charge is 0.340 e. The van der Waals surface area contributed by atoms with E-state index in [0.29, 0.717) is 18.8 Å². The molecule has 23 heavy (non-hydrogen) atoms. The third-order valence-corrected chi connectivity index (χ3v) is 5.17. The zero-order valence-electron chi connectivity index (χ0n) is 15.3. The van der Waals surface area contributed by atoms with Gasteiger partial charge in [-0.25, -0.2) is 0 Å². The van der Waals surface area contributed by atoms with Crippen LogP contribution in [0.5, 0.6) is 0 Å². The van der Waals surface area contributed by atoms with Crippen molar-refractivity contribution in [1.29, 1.82) is 0 Å². The molecule has 2 atom stereocenters. The van der Waals surface area contributed by atoms with Gasteiger partial charge < -0.3 is 9.80 Å². The number of carbonyl (C=O) groups is 2. The van der Waals surface area contributed by atoms with Gasteiger partial charge in [-0.05, 0) is 32.2 Å². The molecule has 0 N–H and O–H groups in total. The van der Waals surface area contributed by atoms with Gasteiger partial charge in [0.2, 0.25) is 11.8 Å². The molecule has 0 radical (unpaired) electrons. The van der Waals surface area contributed by atoms with Crippen molar-refractivity contribution in [1.82, 2.24) is 14.7 Å². The van der Waals surface area contributed by atoms with E-state index in [1.54, 1.807) is 0 Å². The van der Waals surface area contributed by atoms with Gasteiger partial charge in [0.1, 0.15) is 0 Å². The molecular formula is C18H33N3O2. The molecule has 5 nitrogen and oxygen atoms in total. The molecule has 0 saturated carbocycles. The normalized spacial score (nSPS) is 26.9. The van der Waals surface area contributed by atoms with E-state index in [9.17, 15) is 9.59 Å². The van der Waals surface area contributed by atoms with Gasteiger partial charge in [0.05, 0.1) is 5.92 Å². The molecule has 2 saturated heterocycles. The topological polar surface area (TPSA) is 43.9 Å². The predicted molar refractivity (Wildman–Crippen MR) is 92.0 cm³/mol. The Morgan fingerprint density at radius 3 is 2.43 bits per heavy atom. The van der Waals surface area contributed by atoms with Gasteiger partial charge in [-0.3, -0.25) is 14.5 Å². The first kappa shape index (κ1) is 18.2. The van der Waals surface area contributed by atoms with Crippen LogP contribution in [0.1, 0.15) is 47.0 Å². The molecule has 0 aromatic heterocycles. The number of hydrogen-bond donors (Lipinski definition) is 0. The predicted octanol–water partition coefficient (Wildman–Crippen LogP) is 1.82. The quantitative estimate of drug-likeness (QED) is 0.775. The average Bonchev–Trinajstić information content (AvgIpc) is 2.52. The first-order valence-electron chi connectivity index (χ1n) is 9.24. The number of carbonyl (C=O) groups excluding carboxylic acids is 2. The third kappa shape index (κ3) is 4.46. The molecular weight excluding hydrogens is 290 g/mol. The summed E-state index contributed by atoms with van der Waals surface area (Å²) in [4.78, 5) is 31.5. The fraction of sp³-hybridized carbons (Fsp3) is 0.889. The molecule has 2 aliphatic heterocycles. The smallest absolute Gasteiger partial charge is 0.227 e. The van der Waals surface area contributed by atoms with Crippen LogP contribution in [0.2, 0.25) is 0 Å². The van der Waals surface area contributed by atoms with E-state index in [4.69, 9.17) is 0 Å². The Morgan fingerprint density at radius 2 is 1.87 bits per heavy atom. The minimum absolute atomic E-state index is 0.0239. The molecule has 2 rings (SSSR count). The second-order valence-corrected chi connectivity index (χ2v) is 7.49. The summed E-state index contributed by atoms with van der Waals surface area (Å²) in [6, 6.07) is 0.0276. The highest BCUT2D eigenvalue weighted by molar-refractivity contribution is 5.84. The van der Waals surface area contributed by atoms with Crippen LogP contribution < -0.4 is 0 Å². The van der Waals surface area contributed by atoms with Gasteiger partial charge in [0, 0.05) is 45.2 Å². The molecule has 2 amide bonds. The Morgan fingerprint density at radius 1 is 1.22 bits per heavy atom. The summed E-state index contributed by atoms with van der Waals surface area (Å²) in [6.07, 6.45) is 2.39. The molecule has 2 aliphatic rings. The van der Waals surface area contributed by atoms with E-state index in [0.717, 1.165) is 39.3 Å². The number of amides is 2. The van der Waals surface area contributed by atoms with Gasteiger partial charge in [-0.1, -0.05) is 20.8 Å². The van der Waals surface area contributed by atoms with Gasteiger partial charge in [0.25, 0.3) is 0 Å². The standard InChI is InChI=1S/C18H33N3O2/c1-5-8-19-9-11-20(12-10-19)18(23)16-6-7-17(22)21(15(16)4)13-14(2)3/h14-16H,5-13H2,1-4H3. The molecule has 0 aromatic rings. The zero-order valence-corrected chi connectivity index (χ0v) is 15.3. The van der Waals surface area contributed by atoms with Gasteiger partial charge >= 0.3 is 0 Å². The zero-order chi connectivity index (χ0) is 17.0. The summed E-state index contributed by atoms with van der Waals surface area (Å²) in [5.74, 6) is 0.884. The lowest BCUT2D eigenvalue weighted by Crippen LogP contribution is -2.56. The highest BCUT2D eigenvalue weighted by atomic mass is 16.2. The molecule has 2 heterocycles. The van der Waals surface area contributed by atoms with E-state index in [-0.39, 0.29) is 23.8 Å². The van der Waals surface area contributed by atoms with Crippen LogP contribution in [0.4, 0.5) is 0 Å². The minimum Gasteiger partial charge on any atom is -0.340 e. The number of nitrogens with zero attached hydrogens (tertiary/aromatic N) is 3. The molecule has 5 heteroatoms. The molecule has 132 valence electrons. The lowest BCUT2D eigenvalue weighted by atomic mass is 9.87. The molecule has 2 fully saturated rings. The summed E-state index contributed by atoms with van der Waals surface area (Å²) < 4.78 is 0. The Balaban J connectivity index is 1.95. The number of piperazine rings is 1. The number of hydrogen-bond acceptors (Lipinski definition) is 3. The summed E-state index contributed by atoms with van der Waals surface area (Å²) in [7, 11) is 0. The Hall–Kier alpha value is -1.10. The molecule has 0 bridgehead atoms. The maximum absolute atomic E-state index is 12.9. The summed E-state index contributed by atoms with van der Waals surface area (Å²) in [5, 5.41) is 0. The van der Waals surface area contributed by atoms with Crippen molar-refractivity contribution in [3.8, 4) is 0 Å². The monoisotopic (exact) mass is 323 g/mol. The van der Waals surface area contributed by atoms with Crippen molar-refractivity contribution in [3.05, 3.63) is 0 Å². The first-order valence-corrected chi connectivity index (χ1v) is 9.24. The number of piperidine rings is 1. The number of likely N-dealkylation sites (tertiary alicyclic amines) is 1. The summed E-state index contributed by atoms with van der Waals surface area (Å²) in [5.41, 5.74) is 0. The highest BCUT2D eigenvalue weighted by Gasteiger charge is 2.39. The van der Waals surface area contributed by atoms with Gasteiger partial charge in [0.15, 0.2) is 0 Å². The van der Waals surface area contributed by atoms with Crippen LogP contribution in [0.25, 0.3) is 0 Å². The Kier molecular flexibility index (Phi) is 6.45. The maximum Gasteiger partial charge on any atom is 0.227 e. The third-order valence-electron chi connectivity index (χ3n) is 5.17. The molecule has 0 spiro atoms. The van der Waals surface area contributed by atoms with E-state index in [1.807, 2.05) is 9.80 Å². The van der Waals surface area contributed by atoms with Crippen molar-refractivity contribution >= 4 is 11.8 Å². The van der Waals surface area contributed by atoms with Crippen molar-refractivity contribution in [2.75, 3.05) is 39.3 Å². The Bertz CT molecular complexity index is 416. The minimum atomic E-state index is -0.0239. The van der Waals surface area contributed by atoms with E-state index in [2.05, 4.69) is 32.6 Å². The summed E-state index contributed by atoms with van der Waals surface area (Å²) in [6.45, 7) is 14.0. The molecule has 0 aromatic carbocycles. The van der Waals surface area contributed by atoms with Crippen LogP contribution in [-0.2, 0) is 9.59 Å². The van der Waals surface area contributed by atoms with Crippen LogP contribution >= 0.6 is 0 Å². The maximum atomic E-state index is 12.9. The van der Waals surface area contributed by atoms with Crippen LogP contribution in [-0.4, -0.2) is 71.8 Å². The lowest BCUT2D eigenvalue weighted by molar-refractivity contribution is -0.148. The van der Waals surface area contributed by atoms with E-state index >= 15 is 0 Å². The number of rotatable bonds is 5. The van der Waals surface area contributed by atoms with Crippen molar-refractivity contribution in [2.24, 2.45) is 11.8 Å². The van der Waals surface area contributed by atoms with Crippen molar-refractivity contribution in [2.45, 2.75) is 53.0 Å². The van der Waals surface area contributed by atoms with Crippen molar-refractivity contribution in [3.63, 3.8) is 0 Å². The van der Waals surface area contributed by atoms with E-state index < -0.39 is 0 Å². The fourth-order valence-electron chi connectivity index (χ4n) is 3.84. The fourth-order valence-corrected chi connectivity index (χ4v) is 3.84. The Labute approximate surface area is 141 Å². The lowest BCUT2D eigenvalue weighted by Gasteiger charge is -2.43. The second kappa shape index (κ2) is 8.13.